The average Bonchev–Trinajstić information content (AvgIpc) is 3.06. The number of benzene rings is 2. The molecule has 1 aromatic heterocycles. The zero-order chi connectivity index (χ0) is 20.8. The Balaban J connectivity index is 1.59. The predicted molar refractivity (Wildman–Crippen MR) is 115 cm³/mol. The quantitative estimate of drug-likeness (QED) is 0.585. The van der Waals surface area contributed by atoms with Gasteiger partial charge in [-0.15, -0.1) is 0 Å². The number of hydrogen-bond donors (Lipinski definition) is 1. The Morgan fingerprint density at radius 3 is 2.24 bits per heavy atom. The lowest BCUT2D eigenvalue weighted by Crippen LogP contribution is -2.21. The number of hydrogen-bond acceptors (Lipinski definition) is 5. The van der Waals surface area contributed by atoms with Gasteiger partial charge in [-0.3, -0.25) is 4.79 Å². The molecule has 0 fully saturated rings. The lowest BCUT2D eigenvalue weighted by molar-refractivity contribution is 0.102. The van der Waals surface area contributed by atoms with Crippen molar-refractivity contribution in [1.29, 1.82) is 0 Å². The summed E-state index contributed by atoms with van der Waals surface area (Å²) in [6, 6.07) is 15.0. The van der Waals surface area contributed by atoms with Crippen LogP contribution in [-0.4, -0.2) is 24.2 Å². The summed E-state index contributed by atoms with van der Waals surface area (Å²) in [5.41, 5.74) is 4.26. The van der Waals surface area contributed by atoms with Crippen LogP contribution in [0.15, 0.2) is 53.1 Å². The van der Waals surface area contributed by atoms with Gasteiger partial charge in [0.2, 0.25) is 0 Å². The third kappa shape index (κ3) is 4.96. The van der Waals surface area contributed by atoms with Crippen LogP contribution in [0.4, 0.5) is 11.4 Å². The van der Waals surface area contributed by atoms with Gasteiger partial charge in [0.1, 0.15) is 18.1 Å². The molecule has 0 spiro atoms. The van der Waals surface area contributed by atoms with Crippen LogP contribution in [-0.2, 0) is 6.61 Å². The molecule has 1 heterocycles. The Hall–Kier alpha value is -3.28. The van der Waals surface area contributed by atoms with Crippen molar-refractivity contribution < 1.29 is 14.1 Å². The smallest absolute Gasteiger partial charge is 0.255 e. The molecule has 0 radical (unpaired) electrons. The van der Waals surface area contributed by atoms with Crippen LogP contribution in [0.5, 0.6) is 5.75 Å². The van der Waals surface area contributed by atoms with E-state index in [2.05, 4.69) is 29.2 Å². The van der Waals surface area contributed by atoms with Crippen molar-refractivity contribution in [2.75, 3.05) is 23.3 Å². The molecule has 0 aliphatic carbocycles. The molecule has 0 atom stereocenters. The van der Waals surface area contributed by atoms with Gasteiger partial charge in [0.25, 0.3) is 5.91 Å². The van der Waals surface area contributed by atoms with E-state index in [-0.39, 0.29) is 5.91 Å². The van der Waals surface area contributed by atoms with E-state index < -0.39 is 0 Å². The van der Waals surface area contributed by atoms with E-state index in [0.29, 0.717) is 17.9 Å². The van der Waals surface area contributed by atoms with Crippen molar-refractivity contribution >= 4 is 17.3 Å². The molecule has 152 valence electrons. The van der Waals surface area contributed by atoms with Gasteiger partial charge in [0.15, 0.2) is 0 Å². The first-order valence-electron chi connectivity index (χ1n) is 9.82. The van der Waals surface area contributed by atoms with Gasteiger partial charge in [-0.2, -0.15) is 0 Å². The van der Waals surface area contributed by atoms with Crippen LogP contribution < -0.4 is 15.0 Å². The Morgan fingerprint density at radius 2 is 1.69 bits per heavy atom. The van der Waals surface area contributed by atoms with E-state index in [0.717, 1.165) is 41.5 Å². The van der Waals surface area contributed by atoms with E-state index >= 15 is 0 Å². The monoisotopic (exact) mass is 393 g/mol. The lowest BCUT2D eigenvalue weighted by atomic mass is 10.2. The van der Waals surface area contributed by atoms with E-state index in [1.54, 1.807) is 24.3 Å². The highest BCUT2D eigenvalue weighted by atomic mass is 16.5. The number of anilines is 2. The number of nitrogens with zero attached hydrogens (tertiary/aromatic N) is 2. The molecule has 0 unspecified atom stereocenters. The number of aromatic nitrogens is 1. The maximum Gasteiger partial charge on any atom is 0.255 e. The van der Waals surface area contributed by atoms with Crippen LogP contribution in [0.2, 0.25) is 0 Å². The summed E-state index contributed by atoms with van der Waals surface area (Å²) in [6.07, 6.45) is 0. The summed E-state index contributed by atoms with van der Waals surface area (Å²) in [4.78, 5) is 14.8. The van der Waals surface area contributed by atoms with Crippen molar-refractivity contribution in [1.82, 2.24) is 5.16 Å². The first kappa shape index (κ1) is 20.5. The van der Waals surface area contributed by atoms with Crippen molar-refractivity contribution in [2.24, 2.45) is 0 Å². The highest BCUT2D eigenvalue weighted by Crippen LogP contribution is 2.20. The van der Waals surface area contributed by atoms with Gasteiger partial charge in [-0.05, 0) is 76.2 Å². The highest BCUT2D eigenvalue weighted by molar-refractivity contribution is 6.04. The Kier molecular flexibility index (Phi) is 6.54. The molecule has 1 N–H and O–H groups in total. The minimum atomic E-state index is -0.155. The van der Waals surface area contributed by atoms with E-state index in [1.807, 2.05) is 38.1 Å². The summed E-state index contributed by atoms with van der Waals surface area (Å²) < 4.78 is 10.9. The Bertz CT molecular complexity index is 923. The van der Waals surface area contributed by atoms with Crippen LogP contribution in [0.3, 0.4) is 0 Å². The largest absolute Gasteiger partial charge is 0.489 e. The van der Waals surface area contributed by atoms with Crippen LogP contribution in [0.1, 0.15) is 41.2 Å². The van der Waals surface area contributed by atoms with Gasteiger partial charge in [0, 0.05) is 30.0 Å². The van der Waals surface area contributed by atoms with Gasteiger partial charge in [-0.25, -0.2) is 0 Å². The topological polar surface area (TPSA) is 67.6 Å². The molecule has 29 heavy (non-hydrogen) atoms. The van der Waals surface area contributed by atoms with Gasteiger partial charge in [-0.1, -0.05) is 5.16 Å². The van der Waals surface area contributed by atoms with Crippen molar-refractivity contribution in [2.45, 2.75) is 34.3 Å². The van der Waals surface area contributed by atoms with Gasteiger partial charge < -0.3 is 19.5 Å². The lowest BCUT2D eigenvalue weighted by Gasteiger charge is -2.21. The maximum absolute atomic E-state index is 12.5. The third-order valence-electron chi connectivity index (χ3n) is 4.93. The summed E-state index contributed by atoms with van der Waals surface area (Å²) in [6.45, 7) is 10.3. The van der Waals surface area contributed by atoms with Gasteiger partial charge in [0.05, 0.1) is 11.3 Å². The maximum atomic E-state index is 12.5. The number of nitrogens with one attached hydrogen (secondary N) is 1. The Morgan fingerprint density at radius 1 is 1.03 bits per heavy atom. The SMILES string of the molecule is CCN(CC)c1ccc(NC(=O)c2ccc(OCc3c(C)noc3C)cc2)cc1. The fourth-order valence-corrected chi connectivity index (χ4v) is 3.11. The summed E-state index contributed by atoms with van der Waals surface area (Å²) in [5, 5.41) is 6.85. The molecule has 0 saturated carbocycles. The normalized spacial score (nSPS) is 10.6. The van der Waals surface area contributed by atoms with Gasteiger partial charge >= 0.3 is 0 Å². The second kappa shape index (κ2) is 9.28. The van der Waals surface area contributed by atoms with Crippen LogP contribution in [0.25, 0.3) is 0 Å². The number of rotatable bonds is 8. The number of carbonyl (C=O) groups excluding carboxylic acids is 1. The molecular formula is C23H27N3O3. The zero-order valence-corrected chi connectivity index (χ0v) is 17.4. The number of amides is 1. The van der Waals surface area contributed by atoms with Crippen LogP contribution >= 0.6 is 0 Å². The standard InChI is InChI=1S/C23H27N3O3/c1-5-26(6-2)20-11-9-19(10-12-20)24-23(27)18-7-13-21(14-8-18)28-15-22-16(3)25-29-17(22)4/h7-14H,5-6,15H2,1-4H3,(H,24,27). The minimum Gasteiger partial charge on any atom is -0.489 e. The number of aryl methyl sites for hydroxylation is 2. The molecule has 2 aromatic carbocycles. The second-order valence-corrected chi connectivity index (χ2v) is 6.79. The molecule has 6 heteroatoms. The molecular weight excluding hydrogens is 366 g/mol. The molecule has 0 saturated heterocycles. The average molecular weight is 393 g/mol. The zero-order valence-electron chi connectivity index (χ0n) is 17.4. The fourth-order valence-electron chi connectivity index (χ4n) is 3.11. The summed E-state index contributed by atoms with van der Waals surface area (Å²) in [5.74, 6) is 1.29. The van der Waals surface area contributed by atoms with E-state index in [9.17, 15) is 4.79 Å². The minimum absolute atomic E-state index is 0.155. The second-order valence-electron chi connectivity index (χ2n) is 6.79. The Labute approximate surface area is 171 Å². The fraction of sp³-hybridized carbons (Fsp3) is 0.304. The summed E-state index contributed by atoms with van der Waals surface area (Å²) in [7, 11) is 0. The number of carbonyl (C=O) groups is 1. The molecule has 0 aliphatic heterocycles. The predicted octanol–water partition coefficient (Wildman–Crippen LogP) is 4.97. The number of ether oxygens (including phenoxy) is 1. The molecule has 1 amide bonds. The molecule has 0 aliphatic rings. The molecule has 3 rings (SSSR count). The first-order chi connectivity index (χ1) is 14.0. The molecule has 6 nitrogen and oxygen atoms in total. The molecule has 0 bridgehead atoms. The van der Waals surface area contributed by atoms with Crippen LogP contribution in [0, 0.1) is 13.8 Å². The summed E-state index contributed by atoms with van der Waals surface area (Å²) >= 11 is 0. The van der Waals surface area contributed by atoms with Crippen molar-refractivity contribution in [3.05, 3.63) is 71.1 Å². The van der Waals surface area contributed by atoms with Crippen molar-refractivity contribution in [3.63, 3.8) is 0 Å². The van der Waals surface area contributed by atoms with Crippen molar-refractivity contribution in [3.8, 4) is 5.75 Å². The van der Waals surface area contributed by atoms with E-state index in [4.69, 9.17) is 9.26 Å². The first-order valence-corrected chi connectivity index (χ1v) is 9.82. The highest BCUT2D eigenvalue weighted by Gasteiger charge is 2.11. The van der Waals surface area contributed by atoms with E-state index in [1.165, 1.54) is 0 Å². The third-order valence-corrected chi connectivity index (χ3v) is 4.93. The molecule has 3 aromatic rings.